The number of nitrogen functional groups attached to an aromatic ring is 1. The lowest BCUT2D eigenvalue weighted by atomic mass is 10.1. The van der Waals surface area contributed by atoms with E-state index in [4.69, 9.17) is 5.84 Å². The van der Waals surface area contributed by atoms with Crippen molar-refractivity contribution >= 4 is 16.3 Å². The van der Waals surface area contributed by atoms with E-state index in [1.807, 2.05) is 6.92 Å². The molecule has 1 aromatic rings. The van der Waals surface area contributed by atoms with E-state index in [1.54, 1.807) is 11.3 Å². The van der Waals surface area contributed by atoms with Gasteiger partial charge in [-0.3, -0.25) is 0 Å². The van der Waals surface area contributed by atoms with E-state index in [9.17, 15) is 0 Å². The summed E-state index contributed by atoms with van der Waals surface area (Å²) in [5.41, 5.74) is 3.64. The van der Waals surface area contributed by atoms with Crippen molar-refractivity contribution in [1.82, 2.24) is 4.98 Å². The molecule has 12 heavy (non-hydrogen) atoms. The number of nitrogens with zero attached hydrogens (tertiary/aromatic N) is 1. The second-order valence-electron chi connectivity index (χ2n) is 3.26. The Hall–Kier alpha value is -0.610. The second kappa shape index (κ2) is 3.87. The number of nitrogens with one attached hydrogen (secondary N) is 1. The number of anilines is 1. The first-order valence-corrected chi connectivity index (χ1v) is 4.88. The minimum Gasteiger partial charge on any atom is -0.314 e. The van der Waals surface area contributed by atoms with Crippen molar-refractivity contribution in [3.63, 3.8) is 0 Å². The fourth-order valence-electron chi connectivity index (χ4n) is 1.02. The van der Waals surface area contributed by atoms with Crippen LogP contribution in [0.3, 0.4) is 0 Å². The molecule has 0 fully saturated rings. The molecule has 0 aromatic carbocycles. The maximum absolute atomic E-state index is 5.32. The number of nitrogens with two attached hydrogens (primary N) is 1. The Labute approximate surface area is 77.0 Å². The van der Waals surface area contributed by atoms with Gasteiger partial charge < -0.3 is 5.43 Å². The zero-order valence-corrected chi connectivity index (χ0v) is 8.53. The molecule has 0 radical (unpaired) electrons. The van der Waals surface area contributed by atoms with Crippen molar-refractivity contribution in [1.29, 1.82) is 0 Å². The molecular weight excluding hydrogens is 170 g/mol. The molecule has 68 valence electrons. The molecule has 0 aliphatic rings. The van der Waals surface area contributed by atoms with Crippen LogP contribution in [-0.4, -0.2) is 4.98 Å². The number of hydrazine groups is 1. The fraction of sp³-hybridized carbons (Fsp3) is 0.625. The number of hydrogen-bond donors (Lipinski definition) is 2. The maximum atomic E-state index is 5.32. The quantitative estimate of drug-likeness (QED) is 0.559. The molecular formula is C8H15N3S. The number of hydrogen-bond acceptors (Lipinski definition) is 4. The average molecular weight is 185 g/mol. The lowest BCUT2D eigenvalue weighted by molar-refractivity contribution is 0.643. The number of thiazole rings is 1. The monoisotopic (exact) mass is 185 g/mol. The van der Waals surface area contributed by atoms with Gasteiger partial charge in [-0.2, -0.15) is 0 Å². The smallest absolute Gasteiger partial charge is 0.126 e. The number of aryl methyl sites for hydroxylation is 1. The zero-order chi connectivity index (χ0) is 9.14. The van der Waals surface area contributed by atoms with Crippen LogP contribution < -0.4 is 11.3 Å². The third-order valence-electron chi connectivity index (χ3n) is 1.55. The number of rotatable bonds is 3. The van der Waals surface area contributed by atoms with Gasteiger partial charge in [0.25, 0.3) is 0 Å². The summed E-state index contributed by atoms with van der Waals surface area (Å²) in [6, 6.07) is 0. The molecule has 0 aliphatic heterocycles. The molecule has 0 unspecified atom stereocenters. The Morgan fingerprint density at radius 1 is 1.58 bits per heavy atom. The highest BCUT2D eigenvalue weighted by Gasteiger charge is 2.06. The summed E-state index contributed by atoms with van der Waals surface area (Å²) in [4.78, 5) is 4.40. The molecule has 0 saturated carbocycles. The van der Waals surface area contributed by atoms with Crippen LogP contribution in [0.25, 0.3) is 0 Å². The van der Waals surface area contributed by atoms with Gasteiger partial charge >= 0.3 is 0 Å². The molecule has 1 rings (SSSR count). The molecule has 0 atom stereocenters. The first-order chi connectivity index (χ1) is 5.63. The topological polar surface area (TPSA) is 50.9 Å². The maximum Gasteiger partial charge on any atom is 0.126 e. The van der Waals surface area contributed by atoms with Crippen LogP contribution in [0.1, 0.15) is 24.5 Å². The fourth-order valence-corrected chi connectivity index (χ4v) is 2.11. The predicted molar refractivity (Wildman–Crippen MR) is 53.2 cm³/mol. The summed E-state index contributed by atoms with van der Waals surface area (Å²) < 4.78 is 0. The Balaban J connectivity index is 2.75. The van der Waals surface area contributed by atoms with E-state index in [1.165, 1.54) is 0 Å². The Morgan fingerprint density at radius 2 is 2.25 bits per heavy atom. The van der Waals surface area contributed by atoms with E-state index in [-0.39, 0.29) is 0 Å². The van der Waals surface area contributed by atoms with Gasteiger partial charge in [0.05, 0.1) is 10.7 Å². The van der Waals surface area contributed by atoms with Crippen LogP contribution in [0.5, 0.6) is 0 Å². The van der Waals surface area contributed by atoms with Gasteiger partial charge in [-0.05, 0) is 12.8 Å². The Morgan fingerprint density at radius 3 is 2.67 bits per heavy atom. The van der Waals surface area contributed by atoms with Crippen LogP contribution >= 0.6 is 11.3 Å². The molecule has 0 amide bonds. The van der Waals surface area contributed by atoms with Gasteiger partial charge in [0.1, 0.15) is 5.00 Å². The highest BCUT2D eigenvalue weighted by atomic mass is 32.1. The molecule has 0 saturated heterocycles. The molecule has 0 spiro atoms. The van der Waals surface area contributed by atoms with Gasteiger partial charge in [-0.15, -0.1) is 11.3 Å². The standard InChI is InChI=1S/C8H15N3S/c1-5(2)4-7-10-6(3)8(11-9)12-7/h5,11H,4,9H2,1-3H3. The SMILES string of the molecule is Cc1nc(CC(C)C)sc1NN. The zero-order valence-electron chi connectivity index (χ0n) is 7.72. The normalized spacial score (nSPS) is 10.8. The van der Waals surface area contributed by atoms with Crippen LogP contribution in [0.15, 0.2) is 0 Å². The highest BCUT2D eigenvalue weighted by Crippen LogP contribution is 2.24. The van der Waals surface area contributed by atoms with Crippen molar-refractivity contribution in [3.8, 4) is 0 Å². The lowest BCUT2D eigenvalue weighted by Gasteiger charge is -1.97. The summed E-state index contributed by atoms with van der Waals surface area (Å²) in [7, 11) is 0. The van der Waals surface area contributed by atoms with E-state index in [0.717, 1.165) is 22.1 Å². The van der Waals surface area contributed by atoms with Gasteiger partial charge in [0.15, 0.2) is 0 Å². The van der Waals surface area contributed by atoms with Crippen molar-refractivity contribution < 1.29 is 0 Å². The predicted octanol–water partition coefficient (Wildman–Crippen LogP) is 1.94. The van der Waals surface area contributed by atoms with Gasteiger partial charge in [-0.25, -0.2) is 10.8 Å². The van der Waals surface area contributed by atoms with Crippen LogP contribution in [0.4, 0.5) is 5.00 Å². The lowest BCUT2D eigenvalue weighted by Crippen LogP contribution is -2.05. The van der Waals surface area contributed by atoms with Crippen LogP contribution in [0.2, 0.25) is 0 Å². The Bertz CT molecular complexity index is 255. The highest BCUT2D eigenvalue weighted by molar-refractivity contribution is 7.15. The summed E-state index contributed by atoms with van der Waals surface area (Å²) in [5.74, 6) is 5.97. The summed E-state index contributed by atoms with van der Waals surface area (Å²) >= 11 is 1.64. The first-order valence-electron chi connectivity index (χ1n) is 4.06. The largest absolute Gasteiger partial charge is 0.314 e. The molecule has 1 aromatic heterocycles. The van der Waals surface area contributed by atoms with Crippen LogP contribution in [-0.2, 0) is 6.42 Å². The number of aromatic nitrogens is 1. The van der Waals surface area contributed by atoms with E-state index in [0.29, 0.717) is 5.92 Å². The van der Waals surface area contributed by atoms with Crippen molar-refractivity contribution in [2.45, 2.75) is 27.2 Å². The molecule has 0 bridgehead atoms. The van der Waals surface area contributed by atoms with Crippen molar-refractivity contribution in [2.24, 2.45) is 11.8 Å². The van der Waals surface area contributed by atoms with Gasteiger partial charge in [-0.1, -0.05) is 13.8 Å². The minimum atomic E-state index is 0.654. The third kappa shape index (κ3) is 2.19. The molecule has 1 heterocycles. The summed E-state index contributed by atoms with van der Waals surface area (Å²) in [5, 5.41) is 2.14. The molecule has 3 nitrogen and oxygen atoms in total. The summed E-state index contributed by atoms with van der Waals surface area (Å²) in [6.45, 7) is 6.34. The third-order valence-corrected chi connectivity index (χ3v) is 2.67. The van der Waals surface area contributed by atoms with Crippen molar-refractivity contribution in [3.05, 3.63) is 10.7 Å². The van der Waals surface area contributed by atoms with Crippen LogP contribution in [0, 0.1) is 12.8 Å². The first kappa shape index (κ1) is 9.48. The Kier molecular flexibility index (Phi) is 3.05. The van der Waals surface area contributed by atoms with E-state index in [2.05, 4.69) is 24.3 Å². The van der Waals surface area contributed by atoms with Crippen molar-refractivity contribution in [2.75, 3.05) is 5.43 Å². The molecule has 4 heteroatoms. The summed E-state index contributed by atoms with van der Waals surface area (Å²) in [6.07, 6.45) is 1.03. The van der Waals surface area contributed by atoms with Gasteiger partial charge in [0, 0.05) is 6.42 Å². The van der Waals surface area contributed by atoms with E-state index >= 15 is 0 Å². The average Bonchev–Trinajstić information content (AvgIpc) is 2.29. The second-order valence-corrected chi connectivity index (χ2v) is 4.35. The minimum absolute atomic E-state index is 0.654. The van der Waals surface area contributed by atoms with Gasteiger partial charge in [0.2, 0.25) is 0 Å². The molecule has 0 aliphatic carbocycles. The van der Waals surface area contributed by atoms with E-state index < -0.39 is 0 Å². The molecule has 3 N–H and O–H groups in total.